The minimum Gasteiger partial charge on any atom is -0.456 e. The van der Waals surface area contributed by atoms with Crippen molar-refractivity contribution in [1.82, 2.24) is 19.2 Å². The van der Waals surface area contributed by atoms with Crippen molar-refractivity contribution in [3.8, 4) is 5.69 Å². The van der Waals surface area contributed by atoms with Crippen LogP contribution in [0.2, 0.25) is 0 Å². The molecule has 0 aliphatic heterocycles. The van der Waals surface area contributed by atoms with Gasteiger partial charge in [-0.1, -0.05) is 23.1 Å². The fourth-order valence-electron chi connectivity index (χ4n) is 2.43. The van der Waals surface area contributed by atoms with Gasteiger partial charge in [-0.05, 0) is 42.7 Å². The minimum absolute atomic E-state index is 0.0710. The van der Waals surface area contributed by atoms with Crippen molar-refractivity contribution in [2.75, 3.05) is 6.26 Å². The standard InChI is InChI=1S/C17H12N4O3S4/c1-26-16-19-21(17(25)28-16)12-4-2-10(3-5-12)14(23)24-9-11-8-13(22)20-6-7-27-15(20)18-11/h2-8H,9H2,1H3. The highest BCUT2D eigenvalue weighted by atomic mass is 32.2. The lowest BCUT2D eigenvalue weighted by Crippen LogP contribution is -2.14. The molecule has 0 unspecified atom stereocenters. The SMILES string of the molecule is CSc1nn(-c2ccc(C(=O)OCc3cc(=O)n4ccsc4n3)cc2)c(=S)s1. The molecule has 0 atom stereocenters. The molecule has 0 spiro atoms. The summed E-state index contributed by atoms with van der Waals surface area (Å²) in [5.41, 5.74) is 1.38. The molecular weight excluding hydrogens is 436 g/mol. The van der Waals surface area contributed by atoms with Crippen molar-refractivity contribution >= 4 is 57.6 Å². The summed E-state index contributed by atoms with van der Waals surface area (Å²) in [7, 11) is 0. The molecule has 0 aliphatic carbocycles. The normalized spacial score (nSPS) is 11.0. The summed E-state index contributed by atoms with van der Waals surface area (Å²) in [5.74, 6) is -0.494. The Morgan fingerprint density at radius 2 is 2.11 bits per heavy atom. The molecule has 3 heterocycles. The lowest BCUT2D eigenvalue weighted by molar-refractivity contribution is 0.0468. The number of carbonyl (C=O) groups excluding carboxylic acids is 1. The Bertz CT molecular complexity index is 1270. The van der Waals surface area contributed by atoms with Crippen LogP contribution < -0.4 is 5.56 Å². The van der Waals surface area contributed by atoms with Crippen LogP contribution in [0.15, 0.2) is 51.0 Å². The van der Waals surface area contributed by atoms with Crippen LogP contribution in [0.4, 0.5) is 0 Å². The molecule has 0 fully saturated rings. The van der Waals surface area contributed by atoms with Crippen molar-refractivity contribution in [3.05, 3.63) is 67.5 Å². The van der Waals surface area contributed by atoms with Gasteiger partial charge in [0.25, 0.3) is 5.56 Å². The van der Waals surface area contributed by atoms with E-state index in [0.29, 0.717) is 20.2 Å². The molecule has 0 saturated heterocycles. The lowest BCUT2D eigenvalue weighted by Gasteiger charge is -2.06. The summed E-state index contributed by atoms with van der Waals surface area (Å²) in [6.45, 7) is -0.0710. The molecule has 1 aromatic carbocycles. The molecule has 0 saturated carbocycles. The van der Waals surface area contributed by atoms with Crippen LogP contribution in [0.25, 0.3) is 10.6 Å². The highest BCUT2D eigenvalue weighted by molar-refractivity contribution is 8.00. The largest absolute Gasteiger partial charge is 0.456 e. The number of hydrogen-bond acceptors (Lipinski definition) is 9. The van der Waals surface area contributed by atoms with E-state index in [4.69, 9.17) is 17.0 Å². The topological polar surface area (TPSA) is 78.5 Å². The summed E-state index contributed by atoms with van der Waals surface area (Å²) >= 11 is 9.63. The van der Waals surface area contributed by atoms with Gasteiger partial charge < -0.3 is 4.74 Å². The Morgan fingerprint density at radius 1 is 1.32 bits per heavy atom. The van der Waals surface area contributed by atoms with E-state index in [9.17, 15) is 9.59 Å². The van der Waals surface area contributed by atoms with E-state index in [0.717, 1.165) is 10.0 Å². The maximum absolute atomic E-state index is 12.3. The molecule has 28 heavy (non-hydrogen) atoms. The van der Waals surface area contributed by atoms with E-state index < -0.39 is 5.97 Å². The minimum atomic E-state index is -0.494. The van der Waals surface area contributed by atoms with Gasteiger partial charge in [-0.15, -0.1) is 16.4 Å². The number of ether oxygens (including phenoxy) is 1. The first kappa shape index (κ1) is 19.0. The van der Waals surface area contributed by atoms with Crippen LogP contribution in [0, 0.1) is 3.95 Å². The van der Waals surface area contributed by atoms with Gasteiger partial charge in [0.1, 0.15) is 6.61 Å². The summed E-state index contributed by atoms with van der Waals surface area (Å²) < 4.78 is 9.92. The van der Waals surface area contributed by atoms with Gasteiger partial charge >= 0.3 is 5.97 Å². The van der Waals surface area contributed by atoms with Crippen LogP contribution in [0.3, 0.4) is 0 Å². The predicted octanol–water partition coefficient (Wildman–Crippen LogP) is 3.81. The summed E-state index contributed by atoms with van der Waals surface area (Å²) in [5, 5.41) is 6.19. The predicted molar refractivity (Wildman–Crippen MR) is 113 cm³/mol. The average molecular weight is 449 g/mol. The average Bonchev–Trinajstić information content (AvgIpc) is 3.33. The number of thiazole rings is 1. The second-order valence-electron chi connectivity index (χ2n) is 5.51. The van der Waals surface area contributed by atoms with Gasteiger partial charge in [0, 0.05) is 17.6 Å². The van der Waals surface area contributed by atoms with Gasteiger partial charge in [0.2, 0.25) is 0 Å². The number of aromatic nitrogens is 4. The van der Waals surface area contributed by atoms with Gasteiger partial charge in [-0.2, -0.15) is 0 Å². The zero-order chi connectivity index (χ0) is 19.7. The van der Waals surface area contributed by atoms with E-state index in [1.165, 1.54) is 44.9 Å². The van der Waals surface area contributed by atoms with Crippen molar-refractivity contribution in [1.29, 1.82) is 0 Å². The van der Waals surface area contributed by atoms with Crippen molar-refractivity contribution in [2.45, 2.75) is 10.9 Å². The summed E-state index contributed by atoms with van der Waals surface area (Å²) in [4.78, 5) is 29.2. The molecule has 0 bridgehead atoms. The fourth-order valence-corrected chi connectivity index (χ4v) is 4.95. The summed E-state index contributed by atoms with van der Waals surface area (Å²) in [6.07, 6.45) is 3.60. The Kier molecular flexibility index (Phi) is 5.40. The third-order valence-corrected chi connectivity index (χ3v) is 6.72. The second-order valence-corrected chi connectivity index (χ2v) is 9.06. The molecule has 0 radical (unpaired) electrons. The quantitative estimate of drug-likeness (QED) is 0.261. The third kappa shape index (κ3) is 3.78. The second kappa shape index (κ2) is 7.95. The lowest BCUT2D eigenvalue weighted by atomic mass is 10.2. The van der Waals surface area contributed by atoms with Gasteiger partial charge in [-0.3, -0.25) is 9.20 Å². The van der Waals surface area contributed by atoms with Gasteiger partial charge in [0.05, 0.1) is 16.9 Å². The molecule has 142 valence electrons. The van der Waals surface area contributed by atoms with Crippen molar-refractivity contribution in [3.63, 3.8) is 0 Å². The molecule has 0 N–H and O–H groups in total. The van der Waals surface area contributed by atoms with E-state index in [2.05, 4.69) is 10.1 Å². The van der Waals surface area contributed by atoms with E-state index in [1.54, 1.807) is 40.5 Å². The Balaban J connectivity index is 1.48. The third-order valence-electron chi connectivity index (χ3n) is 3.76. The van der Waals surface area contributed by atoms with E-state index in [1.807, 2.05) is 6.26 Å². The number of rotatable bonds is 5. The molecule has 4 aromatic rings. The molecule has 0 amide bonds. The number of fused-ring (bicyclic) bond motifs is 1. The summed E-state index contributed by atoms with van der Waals surface area (Å²) in [6, 6.07) is 8.20. The zero-order valence-corrected chi connectivity index (χ0v) is 17.7. The first-order valence-electron chi connectivity index (χ1n) is 7.92. The van der Waals surface area contributed by atoms with Crippen molar-refractivity contribution in [2.24, 2.45) is 0 Å². The van der Waals surface area contributed by atoms with Crippen LogP contribution in [0.5, 0.6) is 0 Å². The van der Waals surface area contributed by atoms with Crippen LogP contribution in [-0.2, 0) is 11.3 Å². The molecular formula is C17H12N4O3S4. The number of carbonyl (C=O) groups is 1. The monoisotopic (exact) mass is 448 g/mol. The first-order chi connectivity index (χ1) is 13.5. The molecule has 7 nitrogen and oxygen atoms in total. The molecule has 0 aliphatic rings. The maximum atomic E-state index is 12.3. The molecule has 4 rings (SSSR count). The zero-order valence-electron chi connectivity index (χ0n) is 14.4. The first-order valence-corrected chi connectivity index (χ1v) is 11.3. The van der Waals surface area contributed by atoms with E-state index in [-0.39, 0.29) is 12.2 Å². The van der Waals surface area contributed by atoms with Crippen LogP contribution in [0.1, 0.15) is 16.1 Å². The van der Waals surface area contributed by atoms with Crippen LogP contribution >= 0.6 is 46.7 Å². The van der Waals surface area contributed by atoms with E-state index >= 15 is 0 Å². The maximum Gasteiger partial charge on any atom is 0.338 e. The Morgan fingerprint density at radius 3 is 2.82 bits per heavy atom. The van der Waals surface area contributed by atoms with Gasteiger partial charge in [0.15, 0.2) is 13.3 Å². The number of thioether (sulfide) groups is 1. The van der Waals surface area contributed by atoms with Crippen molar-refractivity contribution < 1.29 is 9.53 Å². The van der Waals surface area contributed by atoms with Gasteiger partial charge in [-0.25, -0.2) is 14.5 Å². The highest BCUT2D eigenvalue weighted by Crippen LogP contribution is 2.22. The number of hydrogen-bond donors (Lipinski definition) is 0. The smallest absolute Gasteiger partial charge is 0.338 e. The number of benzene rings is 1. The highest BCUT2D eigenvalue weighted by Gasteiger charge is 2.11. The number of esters is 1. The number of nitrogens with zero attached hydrogens (tertiary/aromatic N) is 4. The fraction of sp³-hybridized carbons (Fsp3) is 0.118. The Hall–Kier alpha value is -2.34. The molecule has 11 heteroatoms. The van der Waals surface area contributed by atoms with Crippen LogP contribution in [-0.4, -0.2) is 31.4 Å². The Labute approximate surface area is 176 Å². The molecule has 3 aromatic heterocycles.